The summed E-state index contributed by atoms with van der Waals surface area (Å²) in [5, 5.41) is 5.29. The topological polar surface area (TPSA) is 71.5 Å². The highest BCUT2D eigenvalue weighted by atomic mass is 32.1. The summed E-state index contributed by atoms with van der Waals surface area (Å²) < 4.78 is 5.43. The van der Waals surface area contributed by atoms with Crippen LogP contribution in [0.25, 0.3) is 0 Å². The fraction of sp³-hybridized carbons (Fsp3) is 0.353. The van der Waals surface area contributed by atoms with Crippen molar-refractivity contribution < 1.29 is 14.3 Å². The van der Waals surface area contributed by atoms with Crippen molar-refractivity contribution in [3.05, 3.63) is 40.3 Å². The first-order valence-electron chi connectivity index (χ1n) is 7.79. The van der Waals surface area contributed by atoms with Crippen molar-refractivity contribution in [2.24, 2.45) is 5.92 Å². The largest absolute Gasteiger partial charge is 0.482 e. The highest BCUT2D eigenvalue weighted by Gasteiger charge is 2.26. The fourth-order valence-electron chi connectivity index (χ4n) is 2.34. The van der Waals surface area contributed by atoms with E-state index in [0.717, 1.165) is 10.7 Å². The summed E-state index contributed by atoms with van der Waals surface area (Å²) in [6.07, 6.45) is 0. The van der Waals surface area contributed by atoms with E-state index in [1.54, 1.807) is 10.3 Å². The molecule has 0 bridgehead atoms. The number of fused-ring (bicyclic) bond motifs is 1. The van der Waals surface area contributed by atoms with E-state index in [-0.39, 0.29) is 18.4 Å². The maximum absolute atomic E-state index is 12.2. The zero-order valence-electron chi connectivity index (χ0n) is 13.6. The number of para-hydroxylation sites is 2. The molecule has 7 heteroatoms. The van der Waals surface area contributed by atoms with Crippen molar-refractivity contribution >= 4 is 28.8 Å². The highest BCUT2D eigenvalue weighted by Crippen LogP contribution is 2.32. The van der Waals surface area contributed by atoms with Crippen LogP contribution in [0.1, 0.15) is 29.3 Å². The molecule has 1 aromatic heterocycles. The van der Waals surface area contributed by atoms with Gasteiger partial charge in [-0.3, -0.25) is 14.5 Å². The first-order chi connectivity index (χ1) is 11.5. The Morgan fingerprint density at radius 2 is 2.21 bits per heavy atom. The molecular weight excluding hydrogens is 326 g/mol. The summed E-state index contributed by atoms with van der Waals surface area (Å²) >= 11 is 1.38. The van der Waals surface area contributed by atoms with Gasteiger partial charge in [0.1, 0.15) is 16.5 Å². The van der Waals surface area contributed by atoms with Crippen LogP contribution in [0, 0.1) is 5.92 Å². The van der Waals surface area contributed by atoms with Gasteiger partial charge in [-0.15, -0.1) is 11.3 Å². The number of hydrogen-bond donors (Lipinski definition) is 1. The number of carbonyl (C=O) groups excluding carboxylic acids is 2. The molecule has 1 aliphatic rings. The van der Waals surface area contributed by atoms with Crippen molar-refractivity contribution in [1.82, 2.24) is 10.3 Å². The first-order valence-corrected chi connectivity index (χ1v) is 8.67. The number of nitrogens with one attached hydrogen (secondary N) is 1. The van der Waals surface area contributed by atoms with Crippen molar-refractivity contribution in [3.8, 4) is 5.75 Å². The van der Waals surface area contributed by atoms with Crippen LogP contribution in [-0.2, 0) is 11.3 Å². The molecule has 2 amide bonds. The zero-order chi connectivity index (χ0) is 17.1. The minimum Gasteiger partial charge on any atom is -0.482 e. The molecule has 24 heavy (non-hydrogen) atoms. The number of benzene rings is 1. The van der Waals surface area contributed by atoms with E-state index in [2.05, 4.69) is 10.3 Å². The van der Waals surface area contributed by atoms with Crippen LogP contribution in [0.3, 0.4) is 0 Å². The molecule has 0 saturated heterocycles. The SMILES string of the molecule is CC(C)CNC(=O)c1csc(CN2C(=O)COc3ccccc32)n1. The summed E-state index contributed by atoms with van der Waals surface area (Å²) in [4.78, 5) is 30.2. The van der Waals surface area contributed by atoms with Gasteiger partial charge < -0.3 is 10.1 Å². The van der Waals surface area contributed by atoms with Crippen molar-refractivity contribution in [2.75, 3.05) is 18.1 Å². The molecule has 1 N–H and O–H groups in total. The van der Waals surface area contributed by atoms with Crippen LogP contribution in [0.15, 0.2) is 29.6 Å². The third-order valence-corrected chi connectivity index (χ3v) is 4.39. The lowest BCUT2D eigenvalue weighted by atomic mass is 10.2. The number of aromatic nitrogens is 1. The number of nitrogens with zero attached hydrogens (tertiary/aromatic N) is 2. The predicted molar refractivity (Wildman–Crippen MR) is 92.4 cm³/mol. The molecule has 3 rings (SSSR count). The number of carbonyl (C=O) groups is 2. The maximum atomic E-state index is 12.2. The number of rotatable bonds is 5. The normalized spacial score (nSPS) is 13.6. The molecule has 0 spiro atoms. The third kappa shape index (κ3) is 3.56. The van der Waals surface area contributed by atoms with E-state index in [0.29, 0.717) is 30.5 Å². The van der Waals surface area contributed by atoms with Gasteiger partial charge in [0, 0.05) is 11.9 Å². The van der Waals surface area contributed by atoms with Gasteiger partial charge in [-0.25, -0.2) is 4.98 Å². The predicted octanol–water partition coefficient (Wildman–Crippen LogP) is 2.45. The second kappa shape index (κ2) is 7.00. The Bertz CT molecular complexity index is 757. The Kier molecular flexibility index (Phi) is 4.80. The molecule has 0 atom stereocenters. The molecule has 1 aliphatic heterocycles. The summed E-state index contributed by atoms with van der Waals surface area (Å²) in [6.45, 7) is 5.04. The van der Waals surface area contributed by atoms with E-state index in [1.807, 2.05) is 38.1 Å². The summed E-state index contributed by atoms with van der Waals surface area (Å²) in [5.41, 5.74) is 1.12. The van der Waals surface area contributed by atoms with Crippen LogP contribution in [-0.4, -0.2) is 29.9 Å². The molecule has 6 nitrogen and oxygen atoms in total. The van der Waals surface area contributed by atoms with E-state index >= 15 is 0 Å². The number of thiazole rings is 1. The van der Waals surface area contributed by atoms with E-state index < -0.39 is 0 Å². The number of anilines is 1. The molecule has 0 saturated carbocycles. The number of hydrogen-bond acceptors (Lipinski definition) is 5. The molecule has 0 fully saturated rings. The molecular formula is C17H19N3O3S. The smallest absolute Gasteiger partial charge is 0.270 e. The summed E-state index contributed by atoms with van der Waals surface area (Å²) in [7, 11) is 0. The Hall–Kier alpha value is -2.41. The summed E-state index contributed by atoms with van der Waals surface area (Å²) in [6, 6.07) is 7.41. The van der Waals surface area contributed by atoms with Gasteiger partial charge in [-0.2, -0.15) is 0 Å². The third-order valence-electron chi connectivity index (χ3n) is 3.56. The lowest BCUT2D eigenvalue weighted by Crippen LogP contribution is -2.38. The van der Waals surface area contributed by atoms with Crippen molar-refractivity contribution in [1.29, 1.82) is 0 Å². The van der Waals surface area contributed by atoms with Gasteiger partial charge >= 0.3 is 0 Å². The number of amides is 2. The van der Waals surface area contributed by atoms with Gasteiger partial charge in [0.05, 0.1) is 12.2 Å². The fourth-order valence-corrected chi connectivity index (χ4v) is 3.10. The lowest BCUT2D eigenvalue weighted by Gasteiger charge is -2.28. The first kappa shape index (κ1) is 16.4. The standard InChI is InChI=1S/C17H19N3O3S/c1-11(2)7-18-17(22)12-10-24-15(19-12)8-20-13-5-3-4-6-14(13)23-9-16(20)21/h3-6,10-11H,7-9H2,1-2H3,(H,18,22). The van der Waals surface area contributed by atoms with Crippen LogP contribution in [0.4, 0.5) is 5.69 Å². The van der Waals surface area contributed by atoms with Gasteiger partial charge in [-0.05, 0) is 18.1 Å². The van der Waals surface area contributed by atoms with Crippen LogP contribution in [0.2, 0.25) is 0 Å². The second-order valence-electron chi connectivity index (χ2n) is 5.97. The molecule has 0 unspecified atom stereocenters. The average Bonchev–Trinajstić information content (AvgIpc) is 3.04. The summed E-state index contributed by atoms with van der Waals surface area (Å²) in [5.74, 6) is 0.771. The maximum Gasteiger partial charge on any atom is 0.270 e. The minimum atomic E-state index is -0.181. The van der Waals surface area contributed by atoms with Crippen molar-refractivity contribution in [3.63, 3.8) is 0 Å². The van der Waals surface area contributed by atoms with Gasteiger partial charge in [-0.1, -0.05) is 26.0 Å². The quantitative estimate of drug-likeness (QED) is 0.903. The second-order valence-corrected chi connectivity index (χ2v) is 6.91. The van der Waals surface area contributed by atoms with Crippen LogP contribution in [0.5, 0.6) is 5.75 Å². The Labute approximate surface area is 144 Å². The lowest BCUT2D eigenvalue weighted by molar-refractivity contribution is -0.121. The minimum absolute atomic E-state index is 0.0180. The Morgan fingerprint density at radius 3 is 3.00 bits per heavy atom. The van der Waals surface area contributed by atoms with Gasteiger partial charge in [0.2, 0.25) is 0 Å². The molecule has 0 radical (unpaired) electrons. The Balaban J connectivity index is 1.73. The Morgan fingerprint density at radius 1 is 1.42 bits per heavy atom. The molecule has 2 aromatic rings. The average molecular weight is 345 g/mol. The van der Waals surface area contributed by atoms with E-state index in [4.69, 9.17) is 4.74 Å². The van der Waals surface area contributed by atoms with Gasteiger partial charge in [0.25, 0.3) is 11.8 Å². The molecule has 0 aliphatic carbocycles. The molecule has 126 valence electrons. The highest BCUT2D eigenvalue weighted by molar-refractivity contribution is 7.09. The molecule has 2 heterocycles. The van der Waals surface area contributed by atoms with Crippen LogP contribution < -0.4 is 15.0 Å². The van der Waals surface area contributed by atoms with Crippen molar-refractivity contribution in [2.45, 2.75) is 20.4 Å². The number of ether oxygens (including phenoxy) is 1. The zero-order valence-corrected chi connectivity index (χ0v) is 14.4. The molecule has 1 aromatic carbocycles. The monoisotopic (exact) mass is 345 g/mol. The van der Waals surface area contributed by atoms with Gasteiger partial charge in [0.15, 0.2) is 6.61 Å². The van der Waals surface area contributed by atoms with E-state index in [9.17, 15) is 9.59 Å². The van der Waals surface area contributed by atoms with Crippen LogP contribution >= 0.6 is 11.3 Å². The van der Waals surface area contributed by atoms with E-state index in [1.165, 1.54) is 11.3 Å².